The van der Waals surface area contributed by atoms with E-state index in [1.54, 1.807) is 0 Å². The summed E-state index contributed by atoms with van der Waals surface area (Å²) in [5, 5.41) is 0. The van der Waals surface area contributed by atoms with Crippen LogP contribution in [0.2, 0.25) is 5.82 Å². The summed E-state index contributed by atoms with van der Waals surface area (Å²) in [4.78, 5) is 0. The number of rotatable bonds is 15. The summed E-state index contributed by atoms with van der Waals surface area (Å²) in [5.41, 5.74) is 1.39. The van der Waals surface area contributed by atoms with Gasteiger partial charge in [0.2, 0.25) is 0 Å². The maximum atomic E-state index is 3.85. The summed E-state index contributed by atoms with van der Waals surface area (Å²) in [5.74, 6) is 0.828. The molecule has 0 saturated heterocycles. The first kappa shape index (κ1) is 21.0. The second-order valence-corrected chi connectivity index (χ2v) is 6.34. The molecule has 0 aliphatic heterocycles. The summed E-state index contributed by atoms with van der Waals surface area (Å²) in [6, 6.07) is 0. The molecule has 0 nitrogen and oxygen atoms in total. The molecule has 0 aromatic heterocycles. The zero-order valence-corrected chi connectivity index (χ0v) is 15.2. The maximum absolute atomic E-state index is 3.85. The van der Waals surface area contributed by atoms with Gasteiger partial charge in [0.1, 0.15) is 0 Å². The Kier molecular flexibility index (Phi) is 15.7. The minimum Gasteiger partial charge on any atom is -0.0991 e. The second-order valence-electron chi connectivity index (χ2n) is 6.34. The molecule has 0 heterocycles. The van der Waals surface area contributed by atoms with Gasteiger partial charge in [0.05, 0.1) is 0 Å². The van der Waals surface area contributed by atoms with Crippen molar-refractivity contribution in [3.63, 3.8) is 0 Å². The second kappa shape index (κ2) is 16.4. The van der Waals surface area contributed by atoms with Gasteiger partial charge < -0.3 is 0 Å². The predicted octanol–water partition coefficient (Wildman–Crippen LogP) is 6.96. The van der Waals surface area contributed by atoms with E-state index in [0.717, 1.165) is 5.82 Å². The van der Waals surface area contributed by atoms with Crippen molar-refractivity contribution in [3.8, 4) is 0 Å². The van der Waals surface area contributed by atoms with E-state index < -0.39 is 0 Å². The maximum Gasteiger partial charge on any atom is 0.160 e. The number of hydrogen-bond acceptors (Lipinski definition) is 0. The lowest BCUT2D eigenvalue weighted by molar-refractivity contribution is 0.552. The number of allylic oxidation sites excluding steroid dienone is 6. The van der Waals surface area contributed by atoms with Gasteiger partial charge in [-0.15, -0.1) is 0 Å². The first-order valence-corrected chi connectivity index (χ1v) is 9.39. The van der Waals surface area contributed by atoms with Gasteiger partial charge in [-0.2, -0.15) is 0 Å². The average Bonchev–Trinajstić information content (AvgIpc) is 2.52. The van der Waals surface area contributed by atoms with E-state index in [1.165, 1.54) is 77.0 Å². The zero-order chi connectivity index (χ0) is 16.5. The Morgan fingerprint density at radius 1 is 0.864 bits per heavy atom. The van der Waals surface area contributed by atoms with Crippen molar-refractivity contribution in [2.24, 2.45) is 0 Å². The van der Waals surface area contributed by atoms with Gasteiger partial charge in [0, 0.05) is 0 Å². The van der Waals surface area contributed by atoms with Crippen molar-refractivity contribution in [1.82, 2.24) is 0 Å². The van der Waals surface area contributed by atoms with Crippen molar-refractivity contribution in [2.45, 2.75) is 83.9 Å². The lowest BCUT2D eigenvalue weighted by atomic mass is 9.55. The minimum absolute atomic E-state index is 0.828. The molecule has 0 aliphatic rings. The molecule has 1 atom stereocenters. The van der Waals surface area contributed by atoms with Gasteiger partial charge >= 0.3 is 0 Å². The van der Waals surface area contributed by atoms with Crippen molar-refractivity contribution in [3.05, 3.63) is 49.0 Å². The zero-order valence-electron chi connectivity index (χ0n) is 15.2. The van der Waals surface area contributed by atoms with Crippen LogP contribution >= 0.6 is 0 Å². The molecule has 0 bridgehead atoms. The fourth-order valence-corrected chi connectivity index (χ4v) is 2.94. The van der Waals surface area contributed by atoms with E-state index in [0.29, 0.717) is 0 Å². The standard InChI is InChI=1S/C21H37B/c1-5-9-12-13-15-19-21(18-14-10-6-2)22-20(16-8-4)17-11-7-3/h7-8,11,16-17,21-22H,3-6,9-10,12-15,18-19H2,1-2H3/b17-11-,20-16+. The van der Waals surface area contributed by atoms with Gasteiger partial charge in [-0.25, -0.2) is 0 Å². The van der Waals surface area contributed by atoms with Crippen molar-refractivity contribution < 1.29 is 0 Å². The normalized spacial score (nSPS) is 13.3. The summed E-state index contributed by atoms with van der Waals surface area (Å²) >= 11 is 0. The van der Waals surface area contributed by atoms with Crippen LogP contribution in [0.15, 0.2) is 49.0 Å². The summed E-state index contributed by atoms with van der Waals surface area (Å²) < 4.78 is 0. The summed E-state index contributed by atoms with van der Waals surface area (Å²) in [6.45, 7) is 12.2. The first-order chi connectivity index (χ1) is 10.8. The van der Waals surface area contributed by atoms with Crippen molar-refractivity contribution in [1.29, 1.82) is 0 Å². The molecule has 0 amide bonds. The monoisotopic (exact) mass is 300 g/mol. The molecule has 0 saturated carbocycles. The van der Waals surface area contributed by atoms with Crippen LogP contribution in [0.4, 0.5) is 0 Å². The van der Waals surface area contributed by atoms with E-state index in [2.05, 4.69) is 39.2 Å². The fourth-order valence-electron chi connectivity index (χ4n) is 2.94. The molecular weight excluding hydrogens is 263 g/mol. The highest BCUT2D eigenvalue weighted by Gasteiger charge is 2.11. The molecule has 0 spiro atoms. The van der Waals surface area contributed by atoms with Crippen LogP contribution in [0.5, 0.6) is 0 Å². The van der Waals surface area contributed by atoms with Crippen LogP contribution in [-0.2, 0) is 0 Å². The third-order valence-corrected chi connectivity index (χ3v) is 4.23. The van der Waals surface area contributed by atoms with E-state index in [-0.39, 0.29) is 0 Å². The Balaban J connectivity index is 4.40. The highest BCUT2D eigenvalue weighted by Crippen LogP contribution is 2.25. The van der Waals surface area contributed by atoms with Crippen LogP contribution in [0.25, 0.3) is 0 Å². The van der Waals surface area contributed by atoms with E-state index in [4.69, 9.17) is 0 Å². The Hall–Kier alpha value is -0.975. The topological polar surface area (TPSA) is 0 Å². The van der Waals surface area contributed by atoms with E-state index in [1.807, 2.05) is 18.2 Å². The van der Waals surface area contributed by atoms with Crippen molar-refractivity contribution >= 4 is 7.28 Å². The Labute approximate surface area is 140 Å². The molecule has 0 aromatic carbocycles. The quantitative estimate of drug-likeness (QED) is 0.174. The van der Waals surface area contributed by atoms with E-state index >= 15 is 0 Å². The Bertz CT molecular complexity index is 325. The molecule has 0 aliphatic carbocycles. The molecule has 1 heteroatoms. The highest BCUT2D eigenvalue weighted by molar-refractivity contribution is 6.48. The molecular formula is C21H37B. The molecule has 22 heavy (non-hydrogen) atoms. The molecule has 124 valence electrons. The third kappa shape index (κ3) is 12.7. The van der Waals surface area contributed by atoms with Crippen LogP contribution in [0, 0.1) is 0 Å². The Morgan fingerprint density at radius 3 is 2.05 bits per heavy atom. The minimum atomic E-state index is 0.828. The smallest absolute Gasteiger partial charge is 0.0991 e. The van der Waals surface area contributed by atoms with Crippen LogP contribution in [-0.4, -0.2) is 7.28 Å². The van der Waals surface area contributed by atoms with Crippen molar-refractivity contribution in [2.75, 3.05) is 0 Å². The fraction of sp³-hybridized carbons (Fsp3) is 0.619. The Morgan fingerprint density at radius 2 is 1.45 bits per heavy atom. The largest absolute Gasteiger partial charge is 0.160 e. The van der Waals surface area contributed by atoms with Crippen LogP contribution in [0.1, 0.15) is 78.1 Å². The molecule has 1 unspecified atom stereocenters. The predicted molar refractivity (Wildman–Crippen MR) is 106 cm³/mol. The van der Waals surface area contributed by atoms with Gasteiger partial charge in [-0.3, -0.25) is 0 Å². The average molecular weight is 300 g/mol. The van der Waals surface area contributed by atoms with Crippen LogP contribution < -0.4 is 0 Å². The van der Waals surface area contributed by atoms with Gasteiger partial charge in [0.15, 0.2) is 7.28 Å². The first-order valence-electron chi connectivity index (χ1n) is 9.39. The van der Waals surface area contributed by atoms with Crippen LogP contribution in [0.3, 0.4) is 0 Å². The lowest BCUT2D eigenvalue weighted by Crippen LogP contribution is -2.07. The molecule has 0 radical (unpaired) electrons. The lowest BCUT2D eigenvalue weighted by Gasteiger charge is -2.16. The third-order valence-electron chi connectivity index (χ3n) is 4.23. The van der Waals surface area contributed by atoms with Gasteiger partial charge in [-0.1, -0.05) is 133 Å². The number of unbranched alkanes of at least 4 members (excludes halogenated alkanes) is 6. The summed E-state index contributed by atoms with van der Waals surface area (Å²) in [7, 11) is 1.19. The number of hydrogen-bond donors (Lipinski definition) is 0. The molecule has 0 aromatic rings. The molecule has 0 fully saturated rings. The van der Waals surface area contributed by atoms with E-state index in [9.17, 15) is 0 Å². The van der Waals surface area contributed by atoms with Gasteiger partial charge in [0.25, 0.3) is 0 Å². The summed E-state index contributed by atoms with van der Waals surface area (Å²) in [6.07, 6.45) is 23.9. The molecule has 0 N–H and O–H groups in total. The SMILES string of the molecule is C=C/C=C\C(BC(CCCCC)CCCCCCC)=C/C=C. The highest BCUT2D eigenvalue weighted by atomic mass is 14.1. The molecule has 0 rings (SSSR count). The van der Waals surface area contributed by atoms with Gasteiger partial charge in [-0.05, 0) is 0 Å².